The number of aryl methyl sites for hydroxylation is 1. The first kappa shape index (κ1) is 15.9. The Hall–Kier alpha value is -2.63. The molecule has 1 N–H and O–H groups in total. The van der Waals surface area contributed by atoms with Gasteiger partial charge < -0.3 is 4.74 Å². The number of nitrogens with one attached hydrogen (secondary N) is 1. The summed E-state index contributed by atoms with van der Waals surface area (Å²) in [7, 11) is 0. The van der Waals surface area contributed by atoms with Crippen LogP contribution in [0.3, 0.4) is 0 Å². The predicted molar refractivity (Wildman–Crippen MR) is 89.0 cm³/mol. The molecule has 0 aromatic heterocycles. The maximum Gasteiger partial charge on any atom is 0.279 e. The summed E-state index contributed by atoms with van der Waals surface area (Å²) in [4.78, 5) is 37.5. The summed E-state index contributed by atoms with van der Waals surface area (Å²) in [5.74, 6) is -0.962. The number of hydrazine groups is 1. The number of hydrogen-bond acceptors (Lipinski definition) is 4. The molecule has 130 valence electrons. The summed E-state index contributed by atoms with van der Waals surface area (Å²) in [5, 5.41) is 0.902. The van der Waals surface area contributed by atoms with Gasteiger partial charge in [-0.3, -0.25) is 19.8 Å². The Morgan fingerprint density at radius 3 is 2.24 bits per heavy atom. The van der Waals surface area contributed by atoms with Crippen molar-refractivity contribution < 1.29 is 19.1 Å². The highest BCUT2D eigenvalue weighted by Gasteiger charge is 2.59. The molecule has 6 nitrogen and oxygen atoms in total. The van der Waals surface area contributed by atoms with Crippen molar-refractivity contribution in [3.63, 3.8) is 0 Å². The Morgan fingerprint density at radius 2 is 1.68 bits per heavy atom. The lowest BCUT2D eigenvalue weighted by Crippen LogP contribution is -2.51. The molecule has 3 amide bonds. The van der Waals surface area contributed by atoms with Gasteiger partial charge in [0.2, 0.25) is 0 Å². The lowest BCUT2D eigenvalue weighted by Gasteiger charge is -2.21. The topological polar surface area (TPSA) is 75.7 Å². The van der Waals surface area contributed by atoms with E-state index in [4.69, 9.17) is 4.74 Å². The van der Waals surface area contributed by atoms with Crippen molar-refractivity contribution >= 4 is 17.7 Å². The molecule has 0 radical (unpaired) electrons. The van der Waals surface area contributed by atoms with Crippen molar-refractivity contribution in [1.82, 2.24) is 10.4 Å². The number of carbonyl (C=O) groups is 3. The molecule has 1 aliphatic heterocycles. The molecule has 2 fully saturated rings. The van der Waals surface area contributed by atoms with Crippen molar-refractivity contribution in [2.24, 2.45) is 23.7 Å². The molecule has 25 heavy (non-hydrogen) atoms. The van der Waals surface area contributed by atoms with Crippen LogP contribution in [0.2, 0.25) is 0 Å². The highest BCUT2D eigenvalue weighted by Crippen LogP contribution is 2.52. The second-order valence-electron chi connectivity index (χ2n) is 7.06. The van der Waals surface area contributed by atoms with Gasteiger partial charge >= 0.3 is 0 Å². The molecule has 6 heteroatoms. The number of imide groups is 1. The lowest BCUT2D eigenvalue weighted by atomic mass is 9.85. The maximum atomic E-state index is 12.6. The van der Waals surface area contributed by atoms with E-state index < -0.39 is 12.0 Å². The molecule has 1 saturated carbocycles. The van der Waals surface area contributed by atoms with E-state index in [9.17, 15) is 14.4 Å². The summed E-state index contributed by atoms with van der Waals surface area (Å²) >= 11 is 0. The Labute approximate surface area is 145 Å². The fourth-order valence-electron chi connectivity index (χ4n) is 4.09. The monoisotopic (exact) mass is 340 g/mol. The largest absolute Gasteiger partial charge is 0.481 e. The Kier molecular flexibility index (Phi) is 3.63. The van der Waals surface area contributed by atoms with Gasteiger partial charge in [-0.1, -0.05) is 29.8 Å². The third-order valence-corrected chi connectivity index (χ3v) is 5.40. The first-order valence-electron chi connectivity index (χ1n) is 8.55. The number of nitrogens with zero attached hydrogens (tertiary/aromatic N) is 1. The molecule has 0 unspecified atom stereocenters. The van der Waals surface area contributed by atoms with Crippen LogP contribution in [0.5, 0.6) is 5.75 Å². The molecule has 4 rings (SSSR count). The van der Waals surface area contributed by atoms with Crippen molar-refractivity contribution in [3.05, 3.63) is 42.0 Å². The molecule has 0 spiro atoms. The van der Waals surface area contributed by atoms with Crippen LogP contribution in [0.4, 0.5) is 0 Å². The lowest BCUT2D eigenvalue weighted by molar-refractivity contribution is -0.151. The quantitative estimate of drug-likeness (QED) is 0.667. The van der Waals surface area contributed by atoms with Crippen molar-refractivity contribution in [3.8, 4) is 5.75 Å². The Morgan fingerprint density at radius 1 is 1.12 bits per heavy atom. The molecule has 3 aliphatic rings. The molecule has 1 aromatic carbocycles. The van der Waals surface area contributed by atoms with Crippen LogP contribution >= 0.6 is 0 Å². The summed E-state index contributed by atoms with van der Waals surface area (Å²) in [5.41, 5.74) is 3.54. The number of benzene rings is 1. The van der Waals surface area contributed by atoms with Crippen molar-refractivity contribution in [2.75, 3.05) is 0 Å². The van der Waals surface area contributed by atoms with Crippen LogP contribution in [0.25, 0.3) is 0 Å². The van der Waals surface area contributed by atoms with Gasteiger partial charge in [-0.05, 0) is 44.2 Å². The first-order chi connectivity index (χ1) is 12.0. The maximum absolute atomic E-state index is 12.6. The highest BCUT2D eigenvalue weighted by molar-refractivity contribution is 6.07. The van der Waals surface area contributed by atoms with Crippen LogP contribution in [-0.2, 0) is 14.4 Å². The number of carbonyl (C=O) groups excluding carboxylic acids is 3. The van der Waals surface area contributed by atoms with E-state index in [1.807, 2.05) is 31.2 Å². The fraction of sp³-hybridized carbons (Fsp3) is 0.421. The number of ether oxygens (including phenoxy) is 1. The van der Waals surface area contributed by atoms with E-state index in [1.54, 1.807) is 19.1 Å². The van der Waals surface area contributed by atoms with Crippen molar-refractivity contribution in [2.45, 2.75) is 26.4 Å². The van der Waals surface area contributed by atoms with Crippen molar-refractivity contribution in [1.29, 1.82) is 0 Å². The second kappa shape index (κ2) is 5.72. The minimum Gasteiger partial charge on any atom is -0.481 e. The first-order valence-corrected chi connectivity index (χ1v) is 8.55. The predicted octanol–water partition coefficient (Wildman–Crippen LogP) is 1.60. The average Bonchev–Trinajstić information content (AvgIpc) is 3.26. The second-order valence-corrected chi connectivity index (χ2v) is 7.06. The van der Waals surface area contributed by atoms with E-state index >= 15 is 0 Å². The van der Waals surface area contributed by atoms with E-state index in [0.29, 0.717) is 5.75 Å². The van der Waals surface area contributed by atoms with E-state index in [1.165, 1.54) is 0 Å². The minimum atomic E-state index is -0.821. The third kappa shape index (κ3) is 2.52. The summed E-state index contributed by atoms with van der Waals surface area (Å²) < 4.78 is 5.59. The number of fused-ring (bicyclic) bond motifs is 5. The van der Waals surface area contributed by atoms with Gasteiger partial charge in [-0.15, -0.1) is 0 Å². The molecular weight excluding hydrogens is 320 g/mol. The van der Waals surface area contributed by atoms with Crippen LogP contribution in [0, 0.1) is 30.6 Å². The Bertz CT molecular complexity index is 740. The van der Waals surface area contributed by atoms with Crippen LogP contribution in [0.1, 0.15) is 18.9 Å². The van der Waals surface area contributed by atoms with E-state index in [0.717, 1.165) is 17.0 Å². The summed E-state index contributed by atoms with van der Waals surface area (Å²) in [6.45, 7) is 3.55. The van der Waals surface area contributed by atoms with Crippen LogP contribution in [0.15, 0.2) is 36.4 Å². The average molecular weight is 340 g/mol. The molecule has 2 bridgehead atoms. The SMILES string of the molecule is Cc1ccc(O[C@H](C)C(=O)NN2C(=O)[C@@H]3[C@H](C2=O)[C@H]2C=C[C@H]3C2)cc1. The number of amides is 3. The standard InChI is InChI=1S/C19H20N2O4/c1-10-3-7-14(8-4-10)25-11(2)17(22)20-21-18(23)15-12-5-6-13(9-12)16(15)19(21)24/h3-8,11-13,15-16H,9H2,1-2H3,(H,20,22)/t11-,12+,13+,15-,16+/m1/s1. The van der Waals surface area contributed by atoms with Gasteiger partial charge in [0.05, 0.1) is 11.8 Å². The smallest absolute Gasteiger partial charge is 0.279 e. The molecule has 2 aliphatic carbocycles. The van der Waals surface area contributed by atoms with Crippen LogP contribution < -0.4 is 10.2 Å². The molecule has 5 atom stereocenters. The van der Waals surface area contributed by atoms with Gasteiger partial charge in [0, 0.05) is 0 Å². The van der Waals surface area contributed by atoms with Gasteiger partial charge in [0.15, 0.2) is 6.10 Å². The van der Waals surface area contributed by atoms with Gasteiger partial charge in [0.1, 0.15) is 5.75 Å². The fourth-order valence-corrected chi connectivity index (χ4v) is 4.09. The van der Waals surface area contributed by atoms with E-state index in [-0.39, 0.29) is 35.5 Å². The zero-order valence-corrected chi connectivity index (χ0v) is 14.1. The van der Waals surface area contributed by atoms with Crippen LogP contribution in [-0.4, -0.2) is 28.8 Å². The van der Waals surface area contributed by atoms with E-state index in [2.05, 4.69) is 5.43 Å². The summed E-state index contributed by atoms with van der Waals surface area (Å²) in [6, 6.07) is 7.33. The number of rotatable bonds is 4. The summed E-state index contributed by atoms with van der Waals surface area (Å²) in [6.07, 6.45) is 4.08. The zero-order valence-electron chi connectivity index (χ0n) is 14.1. The van der Waals surface area contributed by atoms with Gasteiger partial charge in [0.25, 0.3) is 17.7 Å². The molecule has 1 heterocycles. The molecular formula is C19H20N2O4. The Balaban J connectivity index is 1.42. The third-order valence-electron chi connectivity index (χ3n) is 5.40. The van der Waals surface area contributed by atoms with Gasteiger partial charge in [-0.2, -0.15) is 5.01 Å². The number of allylic oxidation sites excluding steroid dienone is 2. The highest BCUT2D eigenvalue weighted by atomic mass is 16.5. The number of hydrogen-bond donors (Lipinski definition) is 1. The molecule has 1 aromatic rings. The molecule has 1 saturated heterocycles. The minimum absolute atomic E-state index is 0.120. The normalized spacial score (nSPS) is 30.6. The zero-order chi connectivity index (χ0) is 17.7. The van der Waals surface area contributed by atoms with Gasteiger partial charge in [-0.25, -0.2) is 0 Å².